The van der Waals surface area contributed by atoms with Crippen LogP contribution in [-0.4, -0.2) is 31.4 Å². The zero-order valence-corrected chi connectivity index (χ0v) is 14.3. The van der Waals surface area contributed by atoms with E-state index in [1.807, 2.05) is 18.2 Å². The van der Waals surface area contributed by atoms with Crippen LogP contribution in [0.25, 0.3) is 0 Å². The topological polar surface area (TPSA) is 86.3 Å². The van der Waals surface area contributed by atoms with Crippen molar-refractivity contribution in [3.63, 3.8) is 0 Å². The van der Waals surface area contributed by atoms with Gasteiger partial charge in [-0.2, -0.15) is 0 Å². The minimum atomic E-state index is -0.576. The second-order valence-corrected chi connectivity index (χ2v) is 6.43. The number of carbonyl (C=O) groups is 2. The molecule has 1 atom stereocenters. The lowest BCUT2D eigenvalue weighted by molar-refractivity contribution is -0.121. The quantitative estimate of drug-likeness (QED) is 0.820. The maximum atomic E-state index is 12.8. The Balaban J connectivity index is 1.29. The van der Waals surface area contributed by atoms with Crippen LogP contribution in [0, 0.1) is 0 Å². The molecular formula is C19H16N2O6. The van der Waals surface area contributed by atoms with E-state index in [0.717, 1.165) is 5.56 Å². The Morgan fingerprint density at radius 1 is 0.889 bits per heavy atom. The Morgan fingerprint density at radius 3 is 2.33 bits per heavy atom. The number of anilines is 1. The van der Waals surface area contributed by atoms with Gasteiger partial charge in [0.05, 0.1) is 18.2 Å². The van der Waals surface area contributed by atoms with Crippen molar-refractivity contribution in [1.29, 1.82) is 0 Å². The second-order valence-electron chi connectivity index (χ2n) is 6.43. The smallest absolute Gasteiger partial charge is 0.251 e. The minimum absolute atomic E-state index is 0.109. The number of imide groups is 1. The van der Waals surface area contributed by atoms with Gasteiger partial charge in [-0.25, -0.2) is 4.90 Å². The van der Waals surface area contributed by atoms with Gasteiger partial charge in [-0.3, -0.25) is 9.59 Å². The fraction of sp³-hybridized carbons (Fsp3) is 0.263. The summed E-state index contributed by atoms with van der Waals surface area (Å²) in [5.74, 6) is 2.01. The molecule has 2 aromatic carbocycles. The molecule has 3 aliphatic heterocycles. The van der Waals surface area contributed by atoms with Crippen molar-refractivity contribution in [3.8, 4) is 23.0 Å². The van der Waals surface area contributed by atoms with Gasteiger partial charge in [0.25, 0.3) is 5.91 Å². The first-order valence-electron chi connectivity index (χ1n) is 8.57. The van der Waals surface area contributed by atoms with Crippen molar-refractivity contribution in [3.05, 3.63) is 42.0 Å². The second kappa shape index (κ2) is 6.17. The lowest BCUT2D eigenvalue weighted by atomic mass is 10.1. The maximum absolute atomic E-state index is 12.8. The fourth-order valence-electron chi connectivity index (χ4n) is 3.38. The standard InChI is InChI=1S/C19H16N2O6/c22-18-7-13(20-8-11-1-3-14-16(5-11)26-9-24-14)19(23)21(18)12-2-4-15-17(6-12)27-10-25-15/h1-6,13,20H,7-10H2/t13-/m1/s1. The third kappa shape index (κ3) is 2.74. The molecule has 2 aromatic rings. The van der Waals surface area contributed by atoms with Crippen LogP contribution < -0.4 is 29.2 Å². The molecule has 138 valence electrons. The number of carbonyl (C=O) groups excluding carboxylic acids is 2. The monoisotopic (exact) mass is 368 g/mol. The lowest BCUT2D eigenvalue weighted by Gasteiger charge is -2.16. The van der Waals surface area contributed by atoms with Gasteiger partial charge in [0, 0.05) is 12.6 Å². The van der Waals surface area contributed by atoms with E-state index < -0.39 is 6.04 Å². The van der Waals surface area contributed by atoms with Crippen LogP contribution >= 0.6 is 0 Å². The first kappa shape index (κ1) is 16.0. The Morgan fingerprint density at radius 2 is 1.56 bits per heavy atom. The van der Waals surface area contributed by atoms with E-state index in [2.05, 4.69) is 5.32 Å². The molecule has 2 amide bonds. The van der Waals surface area contributed by atoms with Gasteiger partial charge >= 0.3 is 0 Å². The summed E-state index contributed by atoms with van der Waals surface area (Å²) in [4.78, 5) is 26.4. The highest BCUT2D eigenvalue weighted by Gasteiger charge is 2.39. The van der Waals surface area contributed by atoms with Crippen LogP contribution in [-0.2, 0) is 16.1 Å². The third-order valence-electron chi connectivity index (χ3n) is 4.75. The molecule has 0 spiro atoms. The maximum Gasteiger partial charge on any atom is 0.251 e. The minimum Gasteiger partial charge on any atom is -0.454 e. The molecule has 1 N–H and O–H groups in total. The van der Waals surface area contributed by atoms with E-state index in [0.29, 0.717) is 35.2 Å². The molecule has 0 unspecified atom stereocenters. The van der Waals surface area contributed by atoms with Gasteiger partial charge < -0.3 is 24.3 Å². The predicted octanol–water partition coefficient (Wildman–Crippen LogP) is 1.57. The molecule has 0 radical (unpaired) electrons. The number of hydrogen-bond acceptors (Lipinski definition) is 7. The summed E-state index contributed by atoms with van der Waals surface area (Å²) >= 11 is 0. The number of benzene rings is 2. The number of nitrogens with zero attached hydrogens (tertiary/aromatic N) is 1. The van der Waals surface area contributed by atoms with Crippen LogP contribution in [0.5, 0.6) is 23.0 Å². The number of ether oxygens (including phenoxy) is 4. The number of rotatable bonds is 4. The number of nitrogens with one attached hydrogen (secondary N) is 1. The molecule has 3 heterocycles. The van der Waals surface area contributed by atoms with E-state index >= 15 is 0 Å². The van der Waals surface area contributed by atoms with Crippen molar-refractivity contribution >= 4 is 17.5 Å². The van der Waals surface area contributed by atoms with Gasteiger partial charge in [0.1, 0.15) is 0 Å². The highest BCUT2D eigenvalue weighted by Crippen LogP contribution is 2.37. The van der Waals surface area contributed by atoms with Crippen LogP contribution in [0.3, 0.4) is 0 Å². The van der Waals surface area contributed by atoms with Crippen molar-refractivity contribution in [2.75, 3.05) is 18.5 Å². The zero-order valence-electron chi connectivity index (χ0n) is 14.3. The lowest BCUT2D eigenvalue weighted by Crippen LogP contribution is -2.38. The Hall–Kier alpha value is -3.26. The van der Waals surface area contributed by atoms with E-state index in [4.69, 9.17) is 18.9 Å². The fourth-order valence-corrected chi connectivity index (χ4v) is 3.38. The number of amides is 2. The molecule has 5 rings (SSSR count). The van der Waals surface area contributed by atoms with E-state index in [1.54, 1.807) is 18.2 Å². The molecule has 0 bridgehead atoms. The number of fused-ring (bicyclic) bond motifs is 2. The molecule has 0 saturated carbocycles. The summed E-state index contributed by atoms with van der Waals surface area (Å²) in [6, 6.07) is 10.1. The van der Waals surface area contributed by atoms with Crippen molar-refractivity contribution in [2.45, 2.75) is 19.0 Å². The SMILES string of the molecule is O=C1C[C@@H](NCc2ccc3c(c2)OCO3)C(=O)N1c1ccc2c(c1)OCO2. The summed E-state index contributed by atoms with van der Waals surface area (Å²) < 4.78 is 21.2. The van der Waals surface area contributed by atoms with Crippen molar-refractivity contribution < 1.29 is 28.5 Å². The first-order chi connectivity index (χ1) is 13.2. The highest BCUT2D eigenvalue weighted by atomic mass is 16.7. The summed E-state index contributed by atoms with van der Waals surface area (Å²) in [5.41, 5.74) is 1.43. The van der Waals surface area contributed by atoms with Crippen LogP contribution in [0.4, 0.5) is 5.69 Å². The predicted molar refractivity (Wildman–Crippen MR) is 92.9 cm³/mol. The average Bonchev–Trinajstić information content (AvgIpc) is 3.38. The normalized spacial score (nSPS) is 19.9. The molecule has 8 heteroatoms. The average molecular weight is 368 g/mol. The van der Waals surface area contributed by atoms with E-state index in [9.17, 15) is 9.59 Å². The van der Waals surface area contributed by atoms with Gasteiger partial charge in [0.2, 0.25) is 19.5 Å². The van der Waals surface area contributed by atoms with Crippen LogP contribution in [0.1, 0.15) is 12.0 Å². The van der Waals surface area contributed by atoms with Gasteiger partial charge in [0.15, 0.2) is 23.0 Å². The molecule has 27 heavy (non-hydrogen) atoms. The Kier molecular flexibility index (Phi) is 3.64. The summed E-state index contributed by atoms with van der Waals surface area (Å²) in [5, 5.41) is 3.16. The number of hydrogen-bond donors (Lipinski definition) is 1. The Bertz CT molecular complexity index is 944. The largest absolute Gasteiger partial charge is 0.454 e. The third-order valence-corrected chi connectivity index (χ3v) is 4.75. The van der Waals surface area contributed by atoms with E-state index in [1.165, 1.54) is 4.90 Å². The zero-order chi connectivity index (χ0) is 18.4. The molecule has 0 aromatic heterocycles. The summed E-state index contributed by atoms with van der Waals surface area (Å²) in [7, 11) is 0. The molecule has 3 aliphatic rings. The van der Waals surface area contributed by atoms with Crippen LogP contribution in [0.2, 0.25) is 0 Å². The first-order valence-corrected chi connectivity index (χ1v) is 8.57. The molecule has 1 saturated heterocycles. The van der Waals surface area contributed by atoms with E-state index in [-0.39, 0.29) is 31.8 Å². The molecule has 8 nitrogen and oxygen atoms in total. The van der Waals surface area contributed by atoms with Gasteiger partial charge in [-0.15, -0.1) is 0 Å². The van der Waals surface area contributed by atoms with Gasteiger partial charge in [-0.05, 0) is 29.8 Å². The van der Waals surface area contributed by atoms with Crippen LogP contribution in [0.15, 0.2) is 36.4 Å². The Labute approximate surface area is 154 Å². The highest BCUT2D eigenvalue weighted by molar-refractivity contribution is 6.22. The molecular weight excluding hydrogens is 352 g/mol. The van der Waals surface area contributed by atoms with Crippen molar-refractivity contribution in [1.82, 2.24) is 5.32 Å². The van der Waals surface area contributed by atoms with Gasteiger partial charge in [-0.1, -0.05) is 6.07 Å². The van der Waals surface area contributed by atoms with Crippen molar-refractivity contribution in [2.24, 2.45) is 0 Å². The molecule has 0 aliphatic carbocycles. The molecule has 1 fully saturated rings. The summed E-state index contributed by atoms with van der Waals surface area (Å²) in [6.07, 6.45) is 0.109. The summed E-state index contributed by atoms with van der Waals surface area (Å²) in [6.45, 7) is 0.794.